The number of hydrogen-bond acceptors (Lipinski definition) is 5. The van der Waals surface area contributed by atoms with Crippen LogP contribution in [0.4, 0.5) is 5.69 Å². The van der Waals surface area contributed by atoms with Crippen molar-refractivity contribution < 1.29 is 19.4 Å². The van der Waals surface area contributed by atoms with Gasteiger partial charge in [-0.25, -0.2) is 4.79 Å². The first-order chi connectivity index (χ1) is 12.8. The van der Waals surface area contributed by atoms with E-state index in [4.69, 9.17) is 20.6 Å². The fraction of sp³-hybridized carbons (Fsp3) is 0.300. The SMILES string of the molecule is CCOc1cc(C(Nc2ccc(C(=N)N)cc2)C(=O)O)ccc1OC(C)C.Cl. The molecule has 5 N–H and O–H groups in total. The highest BCUT2D eigenvalue weighted by Gasteiger charge is 2.22. The van der Waals surface area contributed by atoms with Crippen LogP contribution in [-0.4, -0.2) is 29.6 Å². The van der Waals surface area contributed by atoms with Crippen LogP contribution in [0.3, 0.4) is 0 Å². The Hall–Kier alpha value is -2.93. The number of nitrogens with one attached hydrogen (secondary N) is 2. The van der Waals surface area contributed by atoms with Crippen molar-refractivity contribution in [3.05, 3.63) is 53.6 Å². The van der Waals surface area contributed by atoms with E-state index in [2.05, 4.69) is 5.32 Å². The van der Waals surface area contributed by atoms with Crippen molar-refractivity contribution in [1.82, 2.24) is 0 Å². The lowest BCUT2D eigenvalue weighted by molar-refractivity contribution is -0.138. The van der Waals surface area contributed by atoms with E-state index in [1.165, 1.54) is 0 Å². The first-order valence-electron chi connectivity index (χ1n) is 8.69. The number of nitrogen functional groups attached to an aromatic ring is 1. The Labute approximate surface area is 170 Å². The Kier molecular flexibility index (Phi) is 8.60. The maximum atomic E-state index is 11.8. The number of amidine groups is 1. The molecule has 2 aromatic carbocycles. The predicted octanol–water partition coefficient (Wildman–Crippen LogP) is 3.82. The molecule has 0 radical (unpaired) electrons. The van der Waals surface area contributed by atoms with Gasteiger partial charge in [-0.05, 0) is 62.7 Å². The third-order valence-electron chi connectivity index (χ3n) is 3.72. The van der Waals surface area contributed by atoms with Gasteiger partial charge in [-0.2, -0.15) is 0 Å². The maximum Gasteiger partial charge on any atom is 0.330 e. The highest BCUT2D eigenvalue weighted by molar-refractivity contribution is 5.95. The summed E-state index contributed by atoms with van der Waals surface area (Å²) in [6.45, 7) is 6.12. The van der Waals surface area contributed by atoms with Gasteiger partial charge in [0.05, 0.1) is 12.7 Å². The number of rotatable bonds is 9. The number of ether oxygens (including phenoxy) is 2. The standard InChI is InChI=1S/C20H25N3O4.ClH/c1-4-26-17-11-14(7-10-16(17)27-12(2)3)18(20(24)25)23-15-8-5-13(6-9-15)19(21)22;/h5-12,18,23H,4H2,1-3H3,(H3,21,22)(H,24,25);1H. The molecule has 0 fully saturated rings. The van der Waals surface area contributed by atoms with E-state index in [0.29, 0.717) is 34.9 Å². The van der Waals surface area contributed by atoms with Gasteiger partial charge in [0.1, 0.15) is 5.84 Å². The molecule has 2 rings (SSSR count). The van der Waals surface area contributed by atoms with E-state index < -0.39 is 12.0 Å². The number of carbonyl (C=O) groups is 1. The van der Waals surface area contributed by atoms with E-state index in [-0.39, 0.29) is 24.3 Å². The molecule has 0 saturated heterocycles. The minimum absolute atomic E-state index is 0. The molecule has 0 aliphatic heterocycles. The van der Waals surface area contributed by atoms with Crippen molar-refractivity contribution in [2.24, 2.45) is 5.73 Å². The fourth-order valence-electron chi connectivity index (χ4n) is 2.52. The quantitative estimate of drug-likeness (QED) is 0.370. The lowest BCUT2D eigenvalue weighted by Crippen LogP contribution is -2.21. The topological polar surface area (TPSA) is 118 Å². The molecule has 1 unspecified atom stereocenters. The summed E-state index contributed by atoms with van der Waals surface area (Å²) in [5.41, 5.74) is 7.16. The Bertz CT molecular complexity index is 810. The molecule has 0 saturated carbocycles. The van der Waals surface area contributed by atoms with Crippen LogP contribution in [0.5, 0.6) is 11.5 Å². The number of halogens is 1. The molecular formula is C20H26ClN3O4. The normalized spacial score (nSPS) is 11.3. The first kappa shape index (κ1) is 23.1. The summed E-state index contributed by atoms with van der Waals surface area (Å²) in [5, 5.41) is 20.1. The van der Waals surface area contributed by atoms with Gasteiger partial charge in [-0.1, -0.05) is 6.07 Å². The van der Waals surface area contributed by atoms with Crippen molar-refractivity contribution in [3.63, 3.8) is 0 Å². The molecule has 0 aliphatic carbocycles. The zero-order valence-electron chi connectivity index (χ0n) is 16.1. The Morgan fingerprint density at radius 2 is 1.82 bits per heavy atom. The van der Waals surface area contributed by atoms with Gasteiger partial charge >= 0.3 is 5.97 Å². The number of carboxylic acid groups (broad SMARTS) is 1. The second kappa shape index (κ2) is 10.4. The largest absolute Gasteiger partial charge is 0.490 e. The lowest BCUT2D eigenvalue weighted by Gasteiger charge is -2.20. The van der Waals surface area contributed by atoms with Crippen LogP contribution < -0.4 is 20.5 Å². The minimum Gasteiger partial charge on any atom is -0.490 e. The molecule has 8 heteroatoms. The van der Waals surface area contributed by atoms with Crippen LogP contribution >= 0.6 is 12.4 Å². The third kappa shape index (κ3) is 6.06. The molecule has 0 bridgehead atoms. The molecule has 2 aromatic rings. The summed E-state index contributed by atoms with van der Waals surface area (Å²) in [7, 11) is 0. The molecule has 0 aromatic heterocycles. The number of aliphatic carboxylic acids is 1. The minimum atomic E-state index is -1.02. The number of carboxylic acids is 1. The Morgan fingerprint density at radius 1 is 1.18 bits per heavy atom. The molecule has 1 atom stereocenters. The molecule has 0 aliphatic rings. The Balaban J connectivity index is 0.00000392. The molecule has 0 amide bonds. The van der Waals surface area contributed by atoms with Gasteiger partial charge in [-0.3, -0.25) is 5.41 Å². The van der Waals surface area contributed by atoms with Gasteiger partial charge < -0.3 is 25.6 Å². The first-order valence-corrected chi connectivity index (χ1v) is 8.69. The van der Waals surface area contributed by atoms with Crippen LogP contribution in [-0.2, 0) is 4.79 Å². The molecule has 152 valence electrons. The van der Waals surface area contributed by atoms with Crippen LogP contribution in [0.1, 0.15) is 37.9 Å². The maximum absolute atomic E-state index is 11.8. The highest BCUT2D eigenvalue weighted by Crippen LogP contribution is 2.32. The third-order valence-corrected chi connectivity index (χ3v) is 3.72. The highest BCUT2D eigenvalue weighted by atomic mass is 35.5. The van der Waals surface area contributed by atoms with Crippen LogP contribution in [0.15, 0.2) is 42.5 Å². The monoisotopic (exact) mass is 407 g/mol. The van der Waals surface area contributed by atoms with Crippen molar-refractivity contribution in [3.8, 4) is 11.5 Å². The van der Waals surface area contributed by atoms with Crippen molar-refractivity contribution >= 4 is 29.9 Å². The van der Waals surface area contributed by atoms with Crippen molar-refractivity contribution in [1.29, 1.82) is 5.41 Å². The van der Waals surface area contributed by atoms with E-state index in [0.717, 1.165) is 0 Å². The summed E-state index contributed by atoms with van der Waals surface area (Å²) in [6.07, 6.45) is -0.0248. The van der Waals surface area contributed by atoms with E-state index in [1.54, 1.807) is 42.5 Å². The van der Waals surface area contributed by atoms with Crippen molar-refractivity contribution in [2.75, 3.05) is 11.9 Å². The molecular weight excluding hydrogens is 382 g/mol. The second-order valence-corrected chi connectivity index (χ2v) is 6.21. The van der Waals surface area contributed by atoms with Crippen LogP contribution in [0, 0.1) is 5.41 Å². The van der Waals surface area contributed by atoms with E-state index in [9.17, 15) is 9.90 Å². The lowest BCUT2D eigenvalue weighted by atomic mass is 10.1. The summed E-state index contributed by atoms with van der Waals surface area (Å²) >= 11 is 0. The van der Waals surface area contributed by atoms with E-state index >= 15 is 0 Å². The average Bonchev–Trinajstić information content (AvgIpc) is 2.61. The molecule has 28 heavy (non-hydrogen) atoms. The van der Waals surface area contributed by atoms with Gasteiger partial charge in [0.2, 0.25) is 0 Å². The second-order valence-electron chi connectivity index (χ2n) is 6.21. The van der Waals surface area contributed by atoms with Gasteiger partial charge in [0.15, 0.2) is 17.5 Å². The fourth-order valence-corrected chi connectivity index (χ4v) is 2.52. The average molecular weight is 408 g/mol. The van der Waals surface area contributed by atoms with Gasteiger partial charge in [0.25, 0.3) is 0 Å². The summed E-state index contributed by atoms with van der Waals surface area (Å²) in [6, 6.07) is 10.8. The van der Waals surface area contributed by atoms with Crippen LogP contribution in [0.25, 0.3) is 0 Å². The molecule has 0 spiro atoms. The zero-order chi connectivity index (χ0) is 20.0. The zero-order valence-corrected chi connectivity index (χ0v) is 16.9. The summed E-state index contributed by atoms with van der Waals surface area (Å²) in [5.74, 6) is 0.0123. The van der Waals surface area contributed by atoms with Gasteiger partial charge in [-0.15, -0.1) is 12.4 Å². The Morgan fingerprint density at radius 3 is 2.32 bits per heavy atom. The molecule has 7 nitrogen and oxygen atoms in total. The number of nitrogens with two attached hydrogens (primary N) is 1. The summed E-state index contributed by atoms with van der Waals surface area (Å²) in [4.78, 5) is 11.8. The number of anilines is 1. The van der Waals surface area contributed by atoms with Crippen molar-refractivity contribution in [2.45, 2.75) is 32.9 Å². The smallest absolute Gasteiger partial charge is 0.330 e. The van der Waals surface area contributed by atoms with E-state index in [1.807, 2.05) is 20.8 Å². The van der Waals surface area contributed by atoms with Crippen LogP contribution in [0.2, 0.25) is 0 Å². The number of benzene rings is 2. The number of hydrogen-bond donors (Lipinski definition) is 4. The predicted molar refractivity (Wildman–Crippen MR) is 112 cm³/mol. The summed E-state index contributed by atoms with van der Waals surface area (Å²) < 4.78 is 11.3. The molecule has 0 heterocycles. The van der Waals surface area contributed by atoms with Gasteiger partial charge in [0, 0.05) is 11.3 Å².